The Morgan fingerprint density at radius 2 is 1.81 bits per heavy atom. The summed E-state index contributed by atoms with van der Waals surface area (Å²) in [4.78, 5) is 11.1. The molecule has 4 nitrogen and oxygen atoms in total. The van der Waals surface area contributed by atoms with Gasteiger partial charge in [0.15, 0.2) is 0 Å². The predicted molar refractivity (Wildman–Crippen MR) is 84.8 cm³/mol. The molecule has 108 valence electrons. The van der Waals surface area contributed by atoms with Crippen molar-refractivity contribution >= 4 is 11.0 Å². The van der Waals surface area contributed by atoms with E-state index in [4.69, 9.17) is 4.98 Å². The highest BCUT2D eigenvalue weighted by Gasteiger charge is 2.11. The Labute approximate surface area is 125 Å². The van der Waals surface area contributed by atoms with E-state index in [2.05, 4.69) is 58.8 Å². The minimum absolute atomic E-state index is 0.838. The quantitative estimate of drug-likeness (QED) is 0.720. The molecule has 0 fully saturated rings. The van der Waals surface area contributed by atoms with Gasteiger partial charge in [0, 0.05) is 25.5 Å². The average Bonchev–Trinajstić information content (AvgIpc) is 2.85. The van der Waals surface area contributed by atoms with Crippen molar-refractivity contribution in [2.45, 2.75) is 26.6 Å². The molecule has 0 N–H and O–H groups in total. The number of para-hydroxylation sites is 2. The van der Waals surface area contributed by atoms with E-state index in [-0.39, 0.29) is 0 Å². The van der Waals surface area contributed by atoms with Gasteiger partial charge in [0.25, 0.3) is 0 Å². The summed E-state index contributed by atoms with van der Waals surface area (Å²) in [6.07, 6.45) is 3.68. The maximum atomic E-state index is 4.77. The molecule has 0 spiro atoms. The summed E-state index contributed by atoms with van der Waals surface area (Å²) in [7, 11) is 2.12. The van der Waals surface area contributed by atoms with Crippen LogP contribution >= 0.6 is 0 Å². The predicted octanol–water partition coefficient (Wildman–Crippen LogP) is 3.08. The number of hydrogen-bond donors (Lipinski definition) is 0. The van der Waals surface area contributed by atoms with Crippen LogP contribution in [0.4, 0.5) is 0 Å². The summed E-state index contributed by atoms with van der Waals surface area (Å²) >= 11 is 0. The van der Waals surface area contributed by atoms with E-state index in [0.29, 0.717) is 0 Å². The molecule has 0 amide bonds. The molecule has 1 aromatic carbocycles. The molecular formula is C17H20N4. The highest BCUT2D eigenvalue weighted by Crippen LogP contribution is 2.17. The molecule has 0 saturated heterocycles. The fourth-order valence-electron chi connectivity index (χ4n) is 2.70. The van der Waals surface area contributed by atoms with Crippen molar-refractivity contribution in [3.63, 3.8) is 0 Å². The summed E-state index contributed by atoms with van der Waals surface area (Å²) in [6, 6.07) is 12.4. The lowest BCUT2D eigenvalue weighted by atomic mass is 10.2. The van der Waals surface area contributed by atoms with E-state index in [1.54, 1.807) is 0 Å². The SMILES string of the molecule is CCn1c(CN(C)Cc2ccncc2)nc2ccccc21. The summed E-state index contributed by atoms with van der Waals surface area (Å²) in [6.45, 7) is 4.85. The second-order valence-corrected chi connectivity index (χ2v) is 5.29. The highest BCUT2D eigenvalue weighted by atomic mass is 15.2. The van der Waals surface area contributed by atoms with Crippen molar-refractivity contribution in [2.24, 2.45) is 0 Å². The minimum atomic E-state index is 0.838. The molecule has 2 aromatic heterocycles. The minimum Gasteiger partial charge on any atom is -0.327 e. The van der Waals surface area contributed by atoms with Crippen LogP contribution < -0.4 is 0 Å². The van der Waals surface area contributed by atoms with Gasteiger partial charge in [0.2, 0.25) is 0 Å². The van der Waals surface area contributed by atoms with Crippen molar-refractivity contribution < 1.29 is 0 Å². The number of aromatic nitrogens is 3. The first-order chi connectivity index (χ1) is 10.3. The van der Waals surface area contributed by atoms with Gasteiger partial charge in [0.1, 0.15) is 5.82 Å². The number of fused-ring (bicyclic) bond motifs is 1. The first-order valence-corrected chi connectivity index (χ1v) is 7.29. The number of imidazole rings is 1. The molecule has 2 heterocycles. The number of hydrogen-bond acceptors (Lipinski definition) is 3. The average molecular weight is 280 g/mol. The second-order valence-electron chi connectivity index (χ2n) is 5.29. The Bertz CT molecular complexity index is 718. The van der Waals surface area contributed by atoms with E-state index in [9.17, 15) is 0 Å². The zero-order valence-corrected chi connectivity index (χ0v) is 12.5. The van der Waals surface area contributed by atoms with E-state index >= 15 is 0 Å². The molecule has 3 aromatic rings. The van der Waals surface area contributed by atoms with Crippen LogP contribution in [-0.4, -0.2) is 26.5 Å². The Hall–Kier alpha value is -2.20. The normalized spacial score (nSPS) is 11.4. The summed E-state index contributed by atoms with van der Waals surface area (Å²) in [5.41, 5.74) is 3.56. The van der Waals surface area contributed by atoms with Gasteiger partial charge in [-0.3, -0.25) is 9.88 Å². The van der Waals surface area contributed by atoms with Crippen LogP contribution in [0.15, 0.2) is 48.8 Å². The first-order valence-electron chi connectivity index (χ1n) is 7.29. The number of nitrogens with zero attached hydrogens (tertiary/aromatic N) is 4. The molecule has 0 atom stereocenters. The molecule has 0 aliphatic rings. The molecule has 3 rings (SSSR count). The van der Waals surface area contributed by atoms with Crippen LogP contribution in [0.2, 0.25) is 0 Å². The first kappa shape index (κ1) is 13.8. The fourth-order valence-corrected chi connectivity index (χ4v) is 2.70. The summed E-state index contributed by atoms with van der Waals surface area (Å²) < 4.78 is 2.29. The third-order valence-corrected chi connectivity index (χ3v) is 3.66. The van der Waals surface area contributed by atoms with Crippen LogP contribution in [0, 0.1) is 0 Å². The van der Waals surface area contributed by atoms with Crippen molar-refractivity contribution in [3.05, 3.63) is 60.2 Å². The number of pyridine rings is 1. The molecule has 4 heteroatoms. The van der Waals surface area contributed by atoms with E-state index in [0.717, 1.165) is 31.0 Å². The largest absolute Gasteiger partial charge is 0.327 e. The van der Waals surface area contributed by atoms with Gasteiger partial charge in [-0.05, 0) is 43.8 Å². The molecule has 0 bridgehead atoms. The lowest BCUT2D eigenvalue weighted by molar-refractivity contribution is 0.306. The summed E-state index contributed by atoms with van der Waals surface area (Å²) in [5, 5.41) is 0. The van der Waals surface area contributed by atoms with Crippen molar-refractivity contribution in [3.8, 4) is 0 Å². The Balaban J connectivity index is 1.81. The zero-order chi connectivity index (χ0) is 14.7. The smallest absolute Gasteiger partial charge is 0.124 e. The van der Waals surface area contributed by atoms with Crippen LogP contribution in [0.3, 0.4) is 0 Å². The zero-order valence-electron chi connectivity index (χ0n) is 12.5. The van der Waals surface area contributed by atoms with E-state index < -0.39 is 0 Å². The van der Waals surface area contributed by atoms with Gasteiger partial charge >= 0.3 is 0 Å². The third-order valence-electron chi connectivity index (χ3n) is 3.66. The van der Waals surface area contributed by atoms with E-state index in [1.165, 1.54) is 11.1 Å². The lowest BCUT2D eigenvalue weighted by Crippen LogP contribution is -2.20. The molecule has 0 aliphatic heterocycles. The van der Waals surface area contributed by atoms with Gasteiger partial charge in [-0.25, -0.2) is 4.98 Å². The molecule has 21 heavy (non-hydrogen) atoms. The second kappa shape index (κ2) is 6.06. The number of benzene rings is 1. The van der Waals surface area contributed by atoms with Crippen molar-refractivity contribution in [1.29, 1.82) is 0 Å². The lowest BCUT2D eigenvalue weighted by Gasteiger charge is -2.17. The van der Waals surface area contributed by atoms with Gasteiger partial charge in [-0.1, -0.05) is 12.1 Å². The molecule has 0 aliphatic carbocycles. The van der Waals surface area contributed by atoms with Crippen molar-refractivity contribution in [1.82, 2.24) is 19.4 Å². The standard InChI is InChI=1S/C17H20N4/c1-3-21-16-7-5-4-6-15(16)19-17(21)13-20(2)12-14-8-10-18-11-9-14/h4-11H,3,12-13H2,1-2H3. The monoisotopic (exact) mass is 280 g/mol. The third kappa shape index (κ3) is 2.95. The number of rotatable bonds is 5. The fraction of sp³-hybridized carbons (Fsp3) is 0.294. The van der Waals surface area contributed by atoms with Crippen LogP contribution in [0.25, 0.3) is 11.0 Å². The Morgan fingerprint density at radius 3 is 2.57 bits per heavy atom. The molecule has 0 unspecified atom stereocenters. The van der Waals surface area contributed by atoms with Crippen LogP contribution in [-0.2, 0) is 19.6 Å². The maximum absolute atomic E-state index is 4.77. The Kier molecular flexibility index (Phi) is 3.97. The van der Waals surface area contributed by atoms with Gasteiger partial charge in [0.05, 0.1) is 17.6 Å². The topological polar surface area (TPSA) is 34.0 Å². The Morgan fingerprint density at radius 1 is 1.05 bits per heavy atom. The van der Waals surface area contributed by atoms with Crippen LogP contribution in [0.1, 0.15) is 18.3 Å². The number of aryl methyl sites for hydroxylation is 1. The van der Waals surface area contributed by atoms with E-state index in [1.807, 2.05) is 18.5 Å². The van der Waals surface area contributed by atoms with Gasteiger partial charge in [-0.15, -0.1) is 0 Å². The summed E-state index contributed by atoms with van der Waals surface area (Å²) in [5.74, 6) is 1.12. The van der Waals surface area contributed by atoms with Gasteiger partial charge < -0.3 is 4.57 Å². The molecule has 0 radical (unpaired) electrons. The van der Waals surface area contributed by atoms with Crippen molar-refractivity contribution in [2.75, 3.05) is 7.05 Å². The molecular weight excluding hydrogens is 260 g/mol. The van der Waals surface area contributed by atoms with Crippen LogP contribution in [0.5, 0.6) is 0 Å². The maximum Gasteiger partial charge on any atom is 0.124 e. The van der Waals surface area contributed by atoms with Gasteiger partial charge in [-0.2, -0.15) is 0 Å². The highest BCUT2D eigenvalue weighted by molar-refractivity contribution is 5.75. The molecule has 0 saturated carbocycles.